The predicted molar refractivity (Wildman–Crippen MR) is 69.6 cm³/mol. The monoisotopic (exact) mass is 283 g/mol. The van der Waals surface area contributed by atoms with Crippen LogP contribution in [0.4, 0.5) is 0 Å². The summed E-state index contributed by atoms with van der Waals surface area (Å²) in [5, 5.41) is 0. The van der Waals surface area contributed by atoms with Crippen LogP contribution in [0.15, 0.2) is 22.7 Å². The van der Waals surface area contributed by atoms with Gasteiger partial charge in [0.05, 0.1) is 11.1 Å². The molecule has 88 valence electrons. The minimum Gasteiger partial charge on any atom is -0.492 e. The van der Waals surface area contributed by atoms with E-state index < -0.39 is 0 Å². The summed E-state index contributed by atoms with van der Waals surface area (Å²) in [7, 11) is 0. The Morgan fingerprint density at radius 3 is 2.81 bits per heavy atom. The van der Waals surface area contributed by atoms with Gasteiger partial charge in [0.1, 0.15) is 5.75 Å². The largest absolute Gasteiger partial charge is 0.492 e. The molecular weight excluding hydrogens is 266 g/mol. The third-order valence-electron chi connectivity index (χ3n) is 2.93. The molecule has 0 heterocycles. The molecule has 2 rings (SSSR count). The molecule has 0 amide bonds. The third kappa shape index (κ3) is 2.77. The van der Waals surface area contributed by atoms with Gasteiger partial charge in [-0.2, -0.15) is 0 Å². The Labute approximate surface area is 105 Å². The lowest BCUT2D eigenvalue weighted by Gasteiger charge is -2.13. The van der Waals surface area contributed by atoms with Gasteiger partial charge in [0, 0.05) is 6.04 Å². The van der Waals surface area contributed by atoms with Crippen molar-refractivity contribution in [2.24, 2.45) is 11.7 Å². The maximum atomic E-state index is 6.16. The van der Waals surface area contributed by atoms with E-state index in [1.165, 1.54) is 18.4 Å². The van der Waals surface area contributed by atoms with E-state index in [9.17, 15) is 0 Å². The summed E-state index contributed by atoms with van der Waals surface area (Å²) in [6.07, 6.45) is 3.57. The van der Waals surface area contributed by atoms with Crippen molar-refractivity contribution >= 4 is 15.9 Å². The molecule has 1 saturated carbocycles. The second kappa shape index (κ2) is 5.19. The first kappa shape index (κ1) is 11.9. The fourth-order valence-electron chi connectivity index (χ4n) is 1.78. The van der Waals surface area contributed by atoms with Gasteiger partial charge in [-0.05, 0) is 58.8 Å². The number of hydrogen-bond acceptors (Lipinski definition) is 2. The topological polar surface area (TPSA) is 35.2 Å². The molecule has 1 fully saturated rings. The summed E-state index contributed by atoms with van der Waals surface area (Å²) in [5.74, 6) is 1.60. The van der Waals surface area contributed by atoms with Crippen LogP contribution < -0.4 is 10.5 Å². The first-order valence-corrected chi connectivity index (χ1v) is 6.69. The SMILES string of the molecule is CCCOc1ccc(C(N)C2CC2)cc1Br. The Kier molecular flexibility index (Phi) is 3.87. The van der Waals surface area contributed by atoms with Gasteiger partial charge in [-0.15, -0.1) is 0 Å². The molecule has 0 aromatic heterocycles. The molecular formula is C13H18BrNO. The first-order valence-electron chi connectivity index (χ1n) is 5.90. The van der Waals surface area contributed by atoms with Crippen molar-refractivity contribution in [2.45, 2.75) is 32.2 Å². The number of nitrogens with two attached hydrogens (primary N) is 1. The predicted octanol–water partition coefficient (Wildman–Crippen LogP) is 3.65. The molecule has 1 atom stereocenters. The van der Waals surface area contributed by atoms with Crippen LogP contribution in [0, 0.1) is 5.92 Å². The van der Waals surface area contributed by atoms with E-state index in [-0.39, 0.29) is 6.04 Å². The quantitative estimate of drug-likeness (QED) is 0.895. The zero-order valence-electron chi connectivity index (χ0n) is 9.58. The minimum absolute atomic E-state index is 0.191. The number of halogens is 1. The molecule has 2 nitrogen and oxygen atoms in total. The van der Waals surface area contributed by atoms with Gasteiger partial charge in [-0.1, -0.05) is 13.0 Å². The van der Waals surface area contributed by atoms with Gasteiger partial charge < -0.3 is 10.5 Å². The summed E-state index contributed by atoms with van der Waals surface area (Å²) >= 11 is 3.53. The van der Waals surface area contributed by atoms with Crippen molar-refractivity contribution in [3.63, 3.8) is 0 Å². The van der Waals surface area contributed by atoms with Gasteiger partial charge in [-0.25, -0.2) is 0 Å². The standard InChI is InChI=1S/C13H18BrNO/c1-2-7-16-12-6-5-10(8-11(12)14)13(15)9-3-4-9/h5-6,8-9,13H,2-4,7,15H2,1H3. The molecule has 1 aromatic carbocycles. The van der Waals surface area contributed by atoms with E-state index in [4.69, 9.17) is 10.5 Å². The highest BCUT2D eigenvalue weighted by Crippen LogP contribution is 2.40. The van der Waals surface area contributed by atoms with Crippen LogP contribution in [0.1, 0.15) is 37.8 Å². The lowest BCUT2D eigenvalue weighted by Crippen LogP contribution is -2.12. The molecule has 0 saturated heterocycles. The number of ether oxygens (including phenoxy) is 1. The average Bonchev–Trinajstić information content (AvgIpc) is 3.10. The molecule has 0 bridgehead atoms. The Balaban J connectivity index is 2.08. The van der Waals surface area contributed by atoms with Crippen molar-refractivity contribution in [3.05, 3.63) is 28.2 Å². The maximum Gasteiger partial charge on any atom is 0.133 e. The van der Waals surface area contributed by atoms with Crippen molar-refractivity contribution < 1.29 is 4.74 Å². The molecule has 3 heteroatoms. The van der Waals surface area contributed by atoms with Crippen molar-refractivity contribution in [1.29, 1.82) is 0 Å². The van der Waals surface area contributed by atoms with Crippen LogP contribution >= 0.6 is 15.9 Å². The fourth-order valence-corrected chi connectivity index (χ4v) is 2.29. The van der Waals surface area contributed by atoms with E-state index in [1.807, 2.05) is 6.07 Å². The molecule has 2 N–H and O–H groups in total. The average molecular weight is 284 g/mol. The van der Waals surface area contributed by atoms with Gasteiger partial charge >= 0.3 is 0 Å². The molecule has 1 unspecified atom stereocenters. The summed E-state index contributed by atoms with van der Waals surface area (Å²) in [6.45, 7) is 2.86. The highest BCUT2D eigenvalue weighted by atomic mass is 79.9. The molecule has 16 heavy (non-hydrogen) atoms. The van der Waals surface area contributed by atoms with Crippen LogP contribution in [0.5, 0.6) is 5.75 Å². The second-order valence-electron chi connectivity index (χ2n) is 4.40. The number of benzene rings is 1. The number of rotatable bonds is 5. The first-order chi connectivity index (χ1) is 7.72. The summed E-state index contributed by atoms with van der Waals surface area (Å²) < 4.78 is 6.62. The molecule has 1 aromatic rings. The molecule has 0 radical (unpaired) electrons. The van der Waals surface area contributed by atoms with Crippen LogP contribution in [-0.2, 0) is 0 Å². The summed E-state index contributed by atoms with van der Waals surface area (Å²) in [6, 6.07) is 6.38. The zero-order chi connectivity index (χ0) is 11.5. The Morgan fingerprint density at radius 1 is 1.50 bits per heavy atom. The van der Waals surface area contributed by atoms with Gasteiger partial charge in [-0.3, -0.25) is 0 Å². The molecule has 0 aliphatic heterocycles. The second-order valence-corrected chi connectivity index (χ2v) is 5.26. The smallest absolute Gasteiger partial charge is 0.133 e. The highest BCUT2D eigenvalue weighted by molar-refractivity contribution is 9.10. The lowest BCUT2D eigenvalue weighted by atomic mass is 10.0. The van der Waals surface area contributed by atoms with E-state index in [2.05, 4.69) is 35.0 Å². The highest BCUT2D eigenvalue weighted by Gasteiger charge is 2.29. The van der Waals surface area contributed by atoms with Crippen LogP contribution in [0.2, 0.25) is 0 Å². The Bertz CT molecular complexity index is 363. The molecule has 1 aliphatic carbocycles. The van der Waals surface area contributed by atoms with Crippen molar-refractivity contribution in [2.75, 3.05) is 6.61 Å². The zero-order valence-corrected chi connectivity index (χ0v) is 11.2. The Hall–Kier alpha value is -0.540. The van der Waals surface area contributed by atoms with Crippen molar-refractivity contribution in [1.82, 2.24) is 0 Å². The number of hydrogen-bond donors (Lipinski definition) is 1. The van der Waals surface area contributed by atoms with Crippen LogP contribution in [0.25, 0.3) is 0 Å². The van der Waals surface area contributed by atoms with Gasteiger partial charge in [0.15, 0.2) is 0 Å². The van der Waals surface area contributed by atoms with Gasteiger partial charge in [0.25, 0.3) is 0 Å². The van der Waals surface area contributed by atoms with E-state index in [0.717, 1.165) is 23.2 Å². The van der Waals surface area contributed by atoms with E-state index >= 15 is 0 Å². The Morgan fingerprint density at radius 2 is 2.25 bits per heavy atom. The van der Waals surface area contributed by atoms with E-state index in [1.54, 1.807) is 0 Å². The van der Waals surface area contributed by atoms with Crippen molar-refractivity contribution in [3.8, 4) is 5.75 Å². The fraction of sp³-hybridized carbons (Fsp3) is 0.538. The van der Waals surface area contributed by atoms with Crippen LogP contribution in [-0.4, -0.2) is 6.61 Å². The van der Waals surface area contributed by atoms with Gasteiger partial charge in [0.2, 0.25) is 0 Å². The summed E-state index contributed by atoms with van der Waals surface area (Å²) in [5.41, 5.74) is 7.36. The van der Waals surface area contributed by atoms with E-state index in [0.29, 0.717) is 5.92 Å². The third-order valence-corrected chi connectivity index (χ3v) is 3.55. The molecule has 1 aliphatic rings. The van der Waals surface area contributed by atoms with Crippen LogP contribution in [0.3, 0.4) is 0 Å². The minimum atomic E-state index is 0.191. The maximum absolute atomic E-state index is 6.16. The molecule has 0 spiro atoms. The summed E-state index contributed by atoms with van der Waals surface area (Å²) in [4.78, 5) is 0. The normalized spacial score (nSPS) is 17.2. The lowest BCUT2D eigenvalue weighted by molar-refractivity contribution is 0.315.